The van der Waals surface area contributed by atoms with Crippen molar-refractivity contribution in [1.29, 1.82) is 0 Å². The number of ketones is 1. The van der Waals surface area contributed by atoms with Gasteiger partial charge in [-0.1, -0.05) is 46.3 Å². The van der Waals surface area contributed by atoms with Gasteiger partial charge in [-0.05, 0) is 5.56 Å². The molecule has 1 rings (SSSR count). The highest BCUT2D eigenvalue weighted by atomic mass is 79.9. The van der Waals surface area contributed by atoms with Crippen molar-refractivity contribution in [3.63, 3.8) is 0 Å². The molecule has 6 nitrogen and oxygen atoms in total. The minimum atomic E-state index is -0.977. The molecule has 3 N–H and O–H groups in total. The summed E-state index contributed by atoms with van der Waals surface area (Å²) in [6.07, 6.45) is -1.03. The van der Waals surface area contributed by atoms with Crippen LogP contribution in [0.1, 0.15) is 12.0 Å². The molecule has 0 aliphatic rings. The van der Waals surface area contributed by atoms with Gasteiger partial charge in [0.1, 0.15) is 12.6 Å². The Morgan fingerprint density at radius 2 is 1.90 bits per heavy atom. The van der Waals surface area contributed by atoms with Crippen molar-refractivity contribution in [2.45, 2.75) is 19.1 Å². The zero-order valence-corrected chi connectivity index (χ0v) is 12.3. The summed E-state index contributed by atoms with van der Waals surface area (Å²) < 4.78 is 4.97. The molecule has 0 saturated carbocycles. The van der Waals surface area contributed by atoms with E-state index in [-0.39, 0.29) is 24.1 Å². The molecular formula is C13H15BrN2O4. The number of hydrogen-bond acceptors (Lipinski definition) is 4. The summed E-state index contributed by atoms with van der Waals surface area (Å²) in [5, 5.41) is 2.35. The number of carbonyl (C=O) groups is 3. The summed E-state index contributed by atoms with van der Waals surface area (Å²) in [4.78, 5) is 34.0. The monoisotopic (exact) mass is 342 g/mol. The average molecular weight is 343 g/mol. The molecule has 0 bridgehead atoms. The van der Waals surface area contributed by atoms with Gasteiger partial charge in [0.2, 0.25) is 5.91 Å². The van der Waals surface area contributed by atoms with Gasteiger partial charge in [-0.3, -0.25) is 9.59 Å². The summed E-state index contributed by atoms with van der Waals surface area (Å²) in [7, 11) is 0. The SMILES string of the molecule is NC(=O)C[C@H](NC(=O)OCc1ccccc1)C(=O)CBr. The summed E-state index contributed by atoms with van der Waals surface area (Å²) in [5.41, 5.74) is 5.85. The lowest BCUT2D eigenvalue weighted by atomic mass is 10.1. The molecule has 1 aromatic rings. The molecule has 20 heavy (non-hydrogen) atoms. The van der Waals surface area contributed by atoms with E-state index in [1.54, 1.807) is 12.1 Å². The molecule has 1 aromatic carbocycles. The van der Waals surface area contributed by atoms with Gasteiger partial charge in [0.25, 0.3) is 0 Å². The minimum absolute atomic E-state index is 0.0178. The van der Waals surface area contributed by atoms with E-state index in [1.807, 2.05) is 18.2 Å². The number of ether oxygens (including phenoxy) is 1. The first-order valence-electron chi connectivity index (χ1n) is 5.87. The van der Waals surface area contributed by atoms with Crippen molar-refractivity contribution in [2.24, 2.45) is 5.73 Å². The van der Waals surface area contributed by atoms with E-state index < -0.39 is 18.0 Å². The van der Waals surface area contributed by atoms with Gasteiger partial charge in [0, 0.05) is 0 Å². The van der Waals surface area contributed by atoms with Crippen LogP contribution in [0.25, 0.3) is 0 Å². The Hall–Kier alpha value is -1.89. The molecule has 0 aliphatic carbocycles. The summed E-state index contributed by atoms with van der Waals surface area (Å²) in [5.74, 6) is -1.02. The number of amides is 2. The van der Waals surface area contributed by atoms with Crippen LogP contribution in [-0.4, -0.2) is 29.2 Å². The van der Waals surface area contributed by atoms with Gasteiger partial charge in [0.15, 0.2) is 5.78 Å². The van der Waals surface area contributed by atoms with Crippen LogP contribution < -0.4 is 11.1 Å². The third-order valence-corrected chi connectivity index (χ3v) is 2.98. The number of rotatable bonds is 7. The number of hydrogen-bond donors (Lipinski definition) is 2. The maximum Gasteiger partial charge on any atom is 0.408 e. The fourth-order valence-corrected chi connectivity index (χ4v) is 1.84. The Bertz CT molecular complexity index is 479. The van der Waals surface area contributed by atoms with Crippen LogP contribution >= 0.6 is 15.9 Å². The number of benzene rings is 1. The lowest BCUT2D eigenvalue weighted by Crippen LogP contribution is -2.44. The first-order chi connectivity index (χ1) is 9.52. The predicted octanol–water partition coefficient (Wildman–Crippen LogP) is 1.12. The number of alkyl halides is 1. The Labute approximate surface area is 124 Å². The maximum atomic E-state index is 11.6. The molecule has 0 radical (unpaired) electrons. The number of carbonyl (C=O) groups excluding carboxylic acids is 3. The number of nitrogens with one attached hydrogen (secondary N) is 1. The Balaban J connectivity index is 2.49. The molecule has 0 saturated heterocycles. The van der Waals surface area contributed by atoms with Crippen molar-refractivity contribution in [3.05, 3.63) is 35.9 Å². The van der Waals surface area contributed by atoms with Crippen LogP contribution in [0.2, 0.25) is 0 Å². The van der Waals surface area contributed by atoms with E-state index in [1.165, 1.54) is 0 Å². The topological polar surface area (TPSA) is 98.5 Å². The molecule has 0 unspecified atom stereocenters. The van der Waals surface area contributed by atoms with Crippen molar-refractivity contribution in [3.8, 4) is 0 Å². The Kier molecular flexibility index (Phi) is 6.72. The van der Waals surface area contributed by atoms with Crippen LogP contribution in [0.5, 0.6) is 0 Å². The van der Waals surface area contributed by atoms with Crippen LogP contribution in [0.3, 0.4) is 0 Å². The number of primary amides is 1. The fraction of sp³-hybridized carbons (Fsp3) is 0.308. The predicted molar refractivity (Wildman–Crippen MR) is 76.2 cm³/mol. The van der Waals surface area contributed by atoms with Crippen molar-refractivity contribution in [1.82, 2.24) is 5.32 Å². The van der Waals surface area contributed by atoms with E-state index >= 15 is 0 Å². The molecule has 7 heteroatoms. The van der Waals surface area contributed by atoms with Gasteiger partial charge >= 0.3 is 6.09 Å². The maximum absolute atomic E-state index is 11.6. The van der Waals surface area contributed by atoms with Crippen molar-refractivity contribution < 1.29 is 19.1 Å². The number of Topliss-reactive ketones (excluding diaryl/α,β-unsaturated/α-hetero) is 1. The molecule has 0 aliphatic heterocycles. The lowest BCUT2D eigenvalue weighted by Gasteiger charge is -2.15. The number of alkyl carbamates (subject to hydrolysis) is 1. The zero-order valence-electron chi connectivity index (χ0n) is 10.7. The van der Waals surface area contributed by atoms with Crippen molar-refractivity contribution in [2.75, 3.05) is 5.33 Å². The van der Waals surface area contributed by atoms with E-state index in [9.17, 15) is 14.4 Å². The molecular weight excluding hydrogens is 328 g/mol. The molecule has 0 spiro atoms. The van der Waals surface area contributed by atoms with Crippen LogP contribution in [0, 0.1) is 0 Å². The standard InChI is InChI=1S/C13H15BrN2O4/c14-7-11(17)10(6-12(15)18)16-13(19)20-8-9-4-2-1-3-5-9/h1-5,10H,6-8H2,(H2,15,18)(H,16,19)/t10-/m0/s1. The van der Waals surface area contributed by atoms with Gasteiger partial charge in [0.05, 0.1) is 11.8 Å². The normalized spacial score (nSPS) is 11.4. The Morgan fingerprint density at radius 1 is 1.25 bits per heavy atom. The molecule has 0 aromatic heterocycles. The second-order valence-corrected chi connectivity index (χ2v) is 4.59. The lowest BCUT2D eigenvalue weighted by molar-refractivity contribution is -0.124. The first kappa shape index (κ1) is 16.2. The molecule has 1 atom stereocenters. The highest BCUT2D eigenvalue weighted by Crippen LogP contribution is 2.02. The summed E-state index contributed by atoms with van der Waals surface area (Å²) >= 11 is 2.98. The van der Waals surface area contributed by atoms with Crippen LogP contribution in [0.4, 0.5) is 4.79 Å². The minimum Gasteiger partial charge on any atom is -0.445 e. The van der Waals surface area contributed by atoms with E-state index in [0.717, 1.165) is 5.56 Å². The largest absolute Gasteiger partial charge is 0.445 e. The van der Waals surface area contributed by atoms with Crippen molar-refractivity contribution >= 4 is 33.7 Å². The third-order valence-electron chi connectivity index (χ3n) is 2.43. The molecule has 108 valence electrons. The van der Waals surface area contributed by atoms with Crippen LogP contribution in [-0.2, 0) is 20.9 Å². The van der Waals surface area contributed by atoms with E-state index in [0.29, 0.717) is 0 Å². The van der Waals surface area contributed by atoms with E-state index in [2.05, 4.69) is 21.2 Å². The highest BCUT2D eigenvalue weighted by molar-refractivity contribution is 9.09. The Morgan fingerprint density at radius 3 is 2.45 bits per heavy atom. The number of nitrogens with two attached hydrogens (primary N) is 1. The summed E-state index contributed by atoms with van der Waals surface area (Å²) in [6, 6.07) is 8.12. The second kappa shape index (κ2) is 8.31. The molecule has 0 fully saturated rings. The third kappa shape index (κ3) is 5.83. The average Bonchev–Trinajstić information content (AvgIpc) is 2.44. The quantitative estimate of drug-likeness (QED) is 0.725. The van der Waals surface area contributed by atoms with Gasteiger partial charge in [-0.2, -0.15) is 0 Å². The summed E-state index contributed by atoms with van der Waals surface area (Å²) in [6.45, 7) is 0.0818. The van der Waals surface area contributed by atoms with Gasteiger partial charge < -0.3 is 15.8 Å². The zero-order chi connectivity index (χ0) is 15.0. The van der Waals surface area contributed by atoms with Crippen LogP contribution in [0.15, 0.2) is 30.3 Å². The molecule has 2 amide bonds. The number of halogens is 1. The van der Waals surface area contributed by atoms with Gasteiger partial charge in [-0.15, -0.1) is 0 Å². The molecule has 0 heterocycles. The van der Waals surface area contributed by atoms with E-state index in [4.69, 9.17) is 10.5 Å². The fourth-order valence-electron chi connectivity index (χ4n) is 1.45. The smallest absolute Gasteiger partial charge is 0.408 e. The second-order valence-electron chi connectivity index (χ2n) is 4.03. The highest BCUT2D eigenvalue weighted by Gasteiger charge is 2.22. The van der Waals surface area contributed by atoms with Gasteiger partial charge in [-0.25, -0.2) is 4.79 Å². The first-order valence-corrected chi connectivity index (χ1v) is 6.99.